The summed E-state index contributed by atoms with van der Waals surface area (Å²) >= 11 is 6.05. The van der Waals surface area contributed by atoms with Crippen molar-refractivity contribution in [3.05, 3.63) is 34.3 Å². The molecular formula is C10H12ClN. The molecule has 1 unspecified atom stereocenters. The van der Waals surface area contributed by atoms with Crippen molar-refractivity contribution in [3.63, 3.8) is 0 Å². The highest BCUT2D eigenvalue weighted by atomic mass is 35.5. The number of hydrogen-bond acceptors (Lipinski definition) is 1. The molecule has 0 spiro atoms. The van der Waals surface area contributed by atoms with E-state index in [1.54, 1.807) is 0 Å². The van der Waals surface area contributed by atoms with E-state index in [1.807, 2.05) is 12.1 Å². The first-order valence-electron chi connectivity index (χ1n) is 4.27. The number of benzene rings is 1. The summed E-state index contributed by atoms with van der Waals surface area (Å²) in [5, 5.41) is 0.906. The fraction of sp³-hybridized carbons (Fsp3) is 0.400. The van der Waals surface area contributed by atoms with E-state index >= 15 is 0 Å². The highest BCUT2D eigenvalue weighted by Crippen LogP contribution is 2.31. The molecule has 0 aromatic heterocycles. The number of halogens is 1. The van der Waals surface area contributed by atoms with Gasteiger partial charge in [-0.05, 0) is 42.5 Å². The van der Waals surface area contributed by atoms with Crippen molar-refractivity contribution in [2.75, 3.05) is 6.54 Å². The molecule has 1 aromatic carbocycles. The molecule has 1 aromatic rings. The lowest BCUT2D eigenvalue weighted by atomic mass is 10.1. The molecule has 2 N–H and O–H groups in total. The molecule has 0 bridgehead atoms. The van der Waals surface area contributed by atoms with Gasteiger partial charge in [-0.1, -0.05) is 23.7 Å². The lowest BCUT2D eigenvalue weighted by molar-refractivity contribution is 0.575. The van der Waals surface area contributed by atoms with Crippen molar-refractivity contribution >= 4 is 11.6 Å². The molecule has 0 fully saturated rings. The van der Waals surface area contributed by atoms with Gasteiger partial charge in [0.1, 0.15) is 0 Å². The number of fused-ring (bicyclic) bond motifs is 1. The molecule has 0 saturated heterocycles. The summed E-state index contributed by atoms with van der Waals surface area (Å²) in [6.07, 6.45) is 2.16. The maximum Gasteiger partial charge on any atom is 0.0440 e. The van der Waals surface area contributed by atoms with Crippen LogP contribution in [0.15, 0.2) is 18.2 Å². The molecular weight excluding hydrogens is 170 g/mol. The Kier molecular flexibility index (Phi) is 2.07. The molecule has 1 nitrogen and oxygen atoms in total. The van der Waals surface area contributed by atoms with Crippen LogP contribution in [0.5, 0.6) is 0 Å². The molecule has 1 aliphatic carbocycles. The van der Waals surface area contributed by atoms with E-state index in [-0.39, 0.29) is 0 Å². The average molecular weight is 182 g/mol. The second kappa shape index (κ2) is 3.08. The minimum Gasteiger partial charge on any atom is -0.330 e. The summed E-state index contributed by atoms with van der Waals surface area (Å²) in [6.45, 7) is 0.769. The van der Waals surface area contributed by atoms with Gasteiger partial charge in [-0.15, -0.1) is 0 Å². The van der Waals surface area contributed by atoms with Crippen LogP contribution in [0.25, 0.3) is 0 Å². The third-order valence-corrected chi connectivity index (χ3v) is 2.90. The van der Waals surface area contributed by atoms with Gasteiger partial charge < -0.3 is 5.73 Å². The summed E-state index contributed by atoms with van der Waals surface area (Å²) in [5.41, 5.74) is 8.32. The van der Waals surface area contributed by atoms with Crippen molar-refractivity contribution in [2.45, 2.75) is 12.8 Å². The molecule has 64 valence electrons. The Morgan fingerprint density at radius 2 is 2.25 bits per heavy atom. The van der Waals surface area contributed by atoms with Crippen LogP contribution in [0, 0.1) is 5.92 Å². The molecule has 2 rings (SSSR count). The Labute approximate surface area is 77.5 Å². The van der Waals surface area contributed by atoms with E-state index in [2.05, 4.69) is 6.07 Å². The summed E-state index contributed by atoms with van der Waals surface area (Å²) < 4.78 is 0. The molecule has 0 heterocycles. The fourth-order valence-electron chi connectivity index (χ4n) is 1.86. The average Bonchev–Trinajstić information content (AvgIpc) is 2.49. The van der Waals surface area contributed by atoms with Crippen LogP contribution in [-0.4, -0.2) is 6.54 Å². The number of nitrogens with two attached hydrogens (primary N) is 1. The molecule has 0 radical (unpaired) electrons. The van der Waals surface area contributed by atoms with Gasteiger partial charge in [0.2, 0.25) is 0 Å². The summed E-state index contributed by atoms with van der Waals surface area (Å²) in [7, 11) is 0. The highest BCUT2D eigenvalue weighted by Gasteiger charge is 2.21. The van der Waals surface area contributed by atoms with Crippen molar-refractivity contribution in [1.82, 2.24) is 0 Å². The summed E-state index contributed by atoms with van der Waals surface area (Å²) in [4.78, 5) is 0. The minimum absolute atomic E-state index is 0.611. The van der Waals surface area contributed by atoms with Crippen molar-refractivity contribution < 1.29 is 0 Å². The summed E-state index contributed by atoms with van der Waals surface area (Å²) in [6, 6.07) is 6.12. The van der Waals surface area contributed by atoms with E-state index in [0.717, 1.165) is 24.4 Å². The lowest BCUT2D eigenvalue weighted by Gasteiger charge is -2.01. The van der Waals surface area contributed by atoms with Crippen LogP contribution in [-0.2, 0) is 12.8 Å². The van der Waals surface area contributed by atoms with Crippen molar-refractivity contribution in [2.24, 2.45) is 11.7 Å². The van der Waals surface area contributed by atoms with E-state index in [4.69, 9.17) is 17.3 Å². The van der Waals surface area contributed by atoms with Gasteiger partial charge in [0.15, 0.2) is 0 Å². The third-order valence-electron chi connectivity index (χ3n) is 2.55. The first-order valence-corrected chi connectivity index (χ1v) is 4.65. The highest BCUT2D eigenvalue weighted by molar-refractivity contribution is 6.31. The SMILES string of the molecule is NCC1Cc2cccc(Cl)c2C1. The quantitative estimate of drug-likeness (QED) is 0.705. The Balaban J connectivity index is 2.35. The van der Waals surface area contributed by atoms with Gasteiger partial charge in [-0.25, -0.2) is 0 Å². The van der Waals surface area contributed by atoms with E-state index in [1.165, 1.54) is 11.1 Å². The topological polar surface area (TPSA) is 26.0 Å². The fourth-order valence-corrected chi connectivity index (χ4v) is 2.13. The molecule has 2 heteroatoms. The maximum absolute atomic E-state index is 6.05. The van der Waals surface area contributed by atoms with Crippen LogP contribution in [0.3, 0.4) is 0 Å². The maximum atomic E-state index is 6.05. The van der Waals surface area contributed by atoms with E-state index in [0.29, 0.717) is 5.92 Å². The predicted molar refractivity (Wildman–Crippen MR) is 51.4 cm³/mol. The predicted octanol–water partition coefficient (Wildman–Crippen LogP) is 2.01. The van der Waals surface area contributed by atoms with E-state index in [9.17, 15) is 0 Å². The normalized spacial score (nSPS) is 21.0. The number of rotatable bonds is 1. The largest absolute Gasteiger partial charge is 0.330 e. The summed E-state index contributed by atoms with van der Waals surface area (Å²) in [5.74, 6) is 0.611. The van der Waals surface area contributed by atoms with Gasteiger partial charge in [0.05, 0.1) is 0 Å². The van der Waals surface area contributed by atoms with Crippen LogP contribution in [0.4, 0.5) is 0 Å². The molecule has 0 aliphatic heterocycles. The Bertz CT molecular complexity index is 296. The second-order valence-corrected chi connectivity index (χ2v) is 3.79. The Hall–Kier alpha value is -0.530. The van der Waals surface area contributed by atoms with Gasteiger partial charge in [0.25, 0.3) is 0 Å². The zero-order valence-electron chi connectivity index (χ0n) is 6.89. The van der Waals surface area contributed by atoms with Crippen LogP contribution in [0.1, 0.15) is 11.1 Å². The molecule has 0 saturated carbocycles. The number of hydrogen-bond donors (Lipinski definition) is 1. The zero-order chi connectivity index (χ0) is 8.55. The molecule has 12 heavy (non-hydrogen) atoms. The van der Waals surface area contributed by atoms with Crippen LogP contribution >= 0.6 is 11.6 Å². The lowest BCUT2D eigenvalue weighted by Crippen LogP contribution is -2.13. The monoisotopic (exact) mass is 181 g/mol. The third kappa shape index (κ3) is 1.23. The van der Waals surface area contributed by atoms with Crippen LogP contribution in [0.2, 0.25) is 5.02 Å². The van der Waals surface area contributed by atoms with Crippen molar-refractivity contribution in [1.29, 1.82) is 0 Å². The Morgan fingerprint density at radius 1 is 1.42 bits per heavy atom. The Morgan fingerprint density at radius 3 is 2.92 bits per heavy atom. The van der Waals surface area contributed by atoms with Gasteiger partial charge in [-0.2, -0.15) is 0 Å². The van der Waals surface area contributed by atoms with E-state index < -0.39 is 0 Å². The van der Waals surface area contributed by atoms with Gasteiger partial charge >= 0.3 is 0 Å². The first-order chi connectivity index (χ1) is 5.81. The smallest absolute Gasteiger partial charge is 0.0440 e. The second-order valence-electron chi connectivity index (χ2n) is 3.39. The first kappa shape index (κ1) is 8.09. The molecule has 1 aliphatic rings. The zero-order valence-corrected chi connectivity index (χ0v) is 7.64. The van der Waals surface area contributed by atoms with Gasteiger partial charge in [0, 0.05) is 5.02 Å². The minimum atomic E-state index is 0.611. The van der Waals surface area contributed by atoms with Crippen molar-refractivity contribution in [3.8, 4) is 0 Å². The molecule has 1 atom stereocenters. The van der Waals surface area contributed by atoms with Crippen LogP contribution < -0.4 is 5.73 Å². The van der Waals surface area contributed by atoms with Gasteiger partial charge in [-0.3, -0.25) is 0 Å². The standard InChI is InChI=1S/C10H12ClN/c11-10-3-1-2-8-4-7(6-12)5-9(8)10/h1-3,7H,4-6,12H2. The molecule has 0 amide bonds.